The molecule has 0 radical (unpaired) electrons. The number of thiazole rings is 2. The number of esters is 1. The predicted molar refractivity (Wildman–Crippen MR) is 120 cm³/mol. The Morgan fingerprint density at radius 3 is 2.65 bits per heavy atom. The van der Waals surface area contributed by atoms with Gasteiger partial charge in [0.05, 0.1) is 31.5 Å². The summed E-state index contributed by atoms with van der Waals surface area (Å²) >= 11 is 2.59. The van der Waals surface area contributed by atoms with Gasteiger partial charge in [-0.1, -0.05) is 11.3 Å². The van der Waals surface area contributed by atoms with Crippen LogP contribution in [0.1, 0.15) is 28.0 Å². The molecule has 31 heavy (non-hydrogen) atoms. The molecule has 0 aliphatic rings. The van der Waals surface area contributed by atoms with Crippen molar-refractivity contribution in [1.29, 1.82) is 0 Å². The van der Waals surface area contributed by atoms with Gasteiger partial charge in [0.2, 0.25) is 0 Å². The number of aryl methyl sites for hydroxylation is 1. The average molecular weight is 457 g/mol. The number of carbonyl (C=O) groups is 2. The summed E-state index contributed by atoms with van der Waals surface area (Å²) in [6.07, 6.45) is 2.00. The average Bonchev–Trinajstić information content (AvgIpc) is 3.45. The third-order valence-corrected chi connectivity index (χ3v) is 6.51. The van der Waals surface area contributed by atoms with Crippen molar-refractivity contribution in [2.75, 3.05) is 19.0 Å². The quantitative estimate of drug-likeness (QED) is 0.419. The maximum atomic E-state index is 12.8. The first-order chi connectivity index (χ1) is 15.0. The molecule has 0 bridgehead atoms. The summed E-state index contributed by atoms with van der Waals surface area (Å²) in [5, 5.41) is 4.98. The zero-order valence-corrected chi connectivity index (χ0v) is 18.8. The molecule has 0 spiro atoms. The van der Waals surface area contributed by atoms with E-state index in [1.54, 1.807) is 19.4 Å². The van der Waals surface area contributed by atoms with E-state index < -0.39 is 0 Å². The number of anilines is 1. The van der Waals surface area contributed by atoms with Crippen LogP contribution in [0.25, 0.3) is 16.2 Å². The maximum absolute atomic E-state index is 12.8. The van der Waals surface area contributed by atoms with Gasteiger partial charge in [-0.15, -0.1) is 11.3 Å². The van der Waals surface area contributed by atoms with Crippen molar-refractivity contribution in [1.82, 2.24) is 14.4 Å². The number of aromatic nitrogens is 3. The minimum atomic E-state index is -0.339. The summed E-state index contributed by atoms with van der Waals surface area (Å²) < 4.78 is 12.0. The molecule has 0 unspecified atom stereocenters. The molecule has 3 aromatic heterocycles. The molecule has 1 amide bonds. The topological polar surface area (TPSA) is 94.8 Å². The van der Waals surface area contributed by atoms with Crippen LogP contribution in [0.3, 0.4) is 0 Å². The largest absolute Gasteiger partial charge is 0.497 e. The normalized spacial score (nSPS) is 10.9. The van der Waals surface area contributed by atoms with Crippen LogP contribution in [0.2, 0.25) is 0 Å². The van der Waals surface area contributed by atoms with Crippen molar-refractivity contribution in [2.24, 2.45) is 0 Å². The Labute approximate surface area is 186 Å². The van der Waals surface area contributed by atoms with Crippen molar-refractivity contribution in [2.45, 2.75) is 20.3 Å². The fraction of sp³-hybridized carbons (Fsp3) is 0.238. The highest BCUT2D eigenvalue weighted by Gasteiger charge is 2.19. The number of hydrogen-bond donors (Lipinski definition) is 1. The minimum Gasteiger partial charge on any atom is -0.497 e. The molecule has 1 N–H and O–H groups in total. The van der Waals surface area contributed by atoms with Gasteiger partial charge in [0.25, 0.3) is 5.91 Å². The number of benzene rings is 1. The van der Waals surface area contributed by atoms with Gasteiger partial charge in [-0.3, -0.25) is 19.3 Å². The highest BCUT2D eigenvalue weighted by Crippen LogP contribution is 2.29. The van der Waals surface area contributed by atoms with Gasteiger partial charge in [0.15, 0.2) is 10.1 Å². The van der Waals surface area contributed by atoms with Gasteiger partial charge in [0.1, 0.15) is 10.6 Å². The van der Waals surface area contributed by atoms with Crippen LogP contribution in [-0.4, -0.2) is 40.0 Å². The summed E-state index contributed by atoms with van der Waals surface area (Å²) in [6, 6.07) is 7.67. The van der Waals surface area contributed by atoms with Crippen LogP contribution in [0.15, 0.2) is 35.8 Å². The fourth-order valence-electron chi connectivity index (χ4n) is 3.02. The molecule has 0 atom stereocenters. The molecular weight excluding hydrogens is 436 g/mol. The van der Waals surface area contributed by atoms with Gasteiger partial charge < -0.3 is 9.47 Å². The molecular formula is C21H20N4O4S2. The van der Waals surface area contributed by atoms with E-state index in [4.69, 9.17) is 9.47 Å². The van der Waals surface area contributed by atoms with Gasteiger partial charge in [-0.2, -0.15) is 0 Å². The second-order valence-electron chi connectivity index (χ2n) is 6.60. The third kappa shape index (κ3) is 4.44. The number of rotatable bonds is 7. The van der Waals surface area contributed by atoms with E-state index in [9.17, 15) is 9.59 Å². The molecule has 0 saturated heterocycles. The SMILES string of the molecule is CCOC(=O)Cc1csc(NC(=O)c2sc3nc(-c4ccc(OC)cc4)cn3c2C)n1. The number of amides is 1. The lowest BCUT2D eigenvalue weighted by molar-refractivity contribution is -0.142. The van der Waals surface area contributed by atoms with Crippen LogP contribution >= 0.6 is 22.7 Å². The molecule has 0 aliphatic carbocycles. The van der Waals surface area contributed by atoms with E-state index in [0.717, 1.165) is 27.7 Å². The number of methoxy groups -OCH3 is 1. The molecule has 4 rings (SSSR count). The highest BCUT2D eigenvalue weighted by atomic mass is 32.1. The predicted octanol–water partition coefficient (Wildman–Crippen LogP) is 4.19. The Hall–Kier alpha value is -3.24. The van der Waals surface area contributed by atoms with Gasteiger partial charge in [-0.25, -0.2) is 9.97 Å². The van der Waals surface area contributed by atoms with E-state index in [1.165, 1.54) is 22.7 Å². The van der Waals surface area contributed by atoms with Gasteiger partial charge in [-0.05, 0) is 38.1 Å². The Morgan fingerprint density at radius 1 is 1.19 bits per heavy atom. The number of ether oxygens (including phenoxy) is 2. The Morgan fingerprint density at radius 2 is 1.97 bits per heavy atom. The number of fused-ring (bicyclic) bond motifs is 1. The lowest BCUT2D eigenvalue weighted by Gasteiger charge is -2.01. The van der Waals surface area contributed by atoms with E-state index in [0.29, 0.717) is 22.3 Å². The van der Waals surface area contributed by atoms with Crippen LogP contribution in [0.5, 0.6) is 5.75 Å². The standard InChI is InChI=1S/C21H20N4O4S2/c1-4-29-17(26)9-14-11-30-20(22-14)24-19(27)18-12(2)25-10-16(23-21(25)31-18)13-5-7-15(28-3)8-6-13/h5-8,10-11H,4,9H2,1-3H3,(H,22,24,27). The van der Waals surface area contributed by atoms with E-state index in [1.807, 2.05) is 41.8 Å². The zero-order valence-electron chi connectivity index (χ0n) is 17.2. The molecule has 10 heteroatoms. The highest BCUT2D eigenvalue weighted by molar-refractivity contribution is 7.19. The number of hydrogen-bond acceptors (Lipinski definition) is 8. The van der Waals surface area contributed by atoms with Crippen molar-refractivity contribution in [3.63, 3.8) is 0 Å². The first-order valence-corrected chi connectivity index (χ1v) is 11.2. The van der Waals surface area contributed by atoms with Crippen molar-refractivity contribution in [3.05, 3.63) is 52.1 Å². The second-order valence-corrected chi connectivity index (χ2v) is 8.44. The van der Waals surface area contributed by atoms with Gasteiger partial charge in [0, 0.05) is 22.8 Å². The maximum Gasteiger partial charge on any atom is 0.311 e. The summed E-state index contributed by atoms with van der Waals surface area (Å²) in [6.45, 7) is 3.96. The molecule has 3 heterocycles. The van der Waals surface area contributed by atoms with Crippen molar-refractivity contribution < 1.29 is 19.1 Å². The van der Waals surface area contributed by atoms with E-state index in [-0.39, 0.29) is 18.3 Å². The number of nitrogens with zero attached hydrogens (tertiary/aromatic N) is 3. The molecule has 0 aliphatic heterocycles. The second kappa shape index (κ2) is 8.86. The third-order valence-electron chi connectivity index (χ3n) is 4.55. The van der Waals surface area contributed by atoms with Crippen LogP contribution in [0.4, 0.5) is 5.13 Å². The zero-order chi connectivity index (χ0) is 22.0. The Balaban J connectivity index is 1.50. The molecule has 4 aromatic rings. The molecule has 8 nitrogen and oxygen atoms in total. The van der Waals surface area contributed by atoms with Crippen molar-refractivity contribution in [3.8, 4) is 17.0 Å². The lowest BCUT2D eigenvalue weighted by atomic mass is 10.2. The number of nitrogens with one attached hydrogen (secondary N) is 1. The van der Waals surface area contributed by atoms with Crippen molar-refractivity contribution >= 4 is 44.6 Å². The lowest BCUT2D eigenvalue weighted by Crippen LogP contribution is -2.12. The Bertz CT molecular complexity index is 1240. The first kappa shape index (κ1) is 21.0. The summed E-state index contributed by atoms with van der Waals surface area (Å²) in [4.78, 5) is 34.6. The molecule has 0 saturated carbocycles. The van der Waals surface area contributed by atoms with E-state index in [2.05, 4.69) is 15.3 Å². The smallest absolute Gasteiger partial charge is 0.311 e. The van der Waals surface area contributed by atoms with Crippen LogP contribution < -0.4 is 10.1 Å². The summed E-state index contributed by atoms with van der Waals surface area (Å²) in [7, 11) is 1.63. The monoisotopic (exact) mass is 456 g/mol. The Kier molecular flexibility index (Phi) is 6.01. The molecule has 160 valence electrons. The molecule has 1 aromatic carbocycles. The summed E-state index contributed by atoms with van der Waals surface area (Å²) in [5.41, 5.74) is 3.17. The fourth-order valence-corrected chi connectivity index (χ4v) is 4.73. The molecule has 0 fully saturated rings. The van der Waals surface area contributed by atoms with Crippen LogP contribution in [0, 0.1) is 6.92 Å². The number of imidazole rings is 1. The number of carbonyl (C=O) groups excluding carboxylic acids is 2. The first-order valence-electron chi connectivity index (χ1n) is 9.52. The van der Waals surface area contributed by atoms with Gasteiger partial charge >= 0.3 is 5.97 Å². The van der Waals surface area contributed by atoms with Crippen LogP contribution in [-0.2, 0) is 16.0 Å². The van der Waals surface area contributed by atoms with E-state index >= 15 is 0 Å². The minimum absolute atomic E-state index is 0.0835. The summed E-state index contributed by atoms with van der Waals surface area (Å²) in [5.74, 6) is 0.192.